The molecule has 1 aliphatic rings. The molecule has 29 heavy (non-hydrogen) atoms. The van der Waals surface area contributed by atoms with E-state index in [4.69, 9.17) is 16.3 Å². The van der Waals surface area contributed by atoms with Gasteiger partial charge in [0.1, 0.15) is 0 Å². The summed E-state index contributed by atoms with van der Waals surface area (Å²) in [5, 5.41) is 4.82. The number of fused-ring (bicyclic) bond motifs is 2. The molecule has 0 amide bonds. The molecule has 1 aliphatic heterocycles. The number of aliphatic imine (C=N–C) groups is 1. The molecule has 0 unspecified atom stereocenters. The van der Waals surface area contributed by atoms with Crippen molar-refractivity contribution in [2.45, 2.75) is 0 Å². The van der Waals surface area contributed by atoms with Gasteiger partial charge in [0.2, 0.25) is 5.90 Å². The van der Waals surface area contributed by atoms with Gasteiger partial charge in [-0.25, -0.2) is 9.79 Å². The van der Waals surface area contributed by atoms with Crippen LogP contribution in [0.3, 0.4) is 0 Å². The number of nitrogens with zero attached hydrogens (tertiary/aromatic N) is 1. The summed E-state index contributed by atoms with van der Waals surface area (Å²) in [5.41, 5.74) is 1.82. The van der Waals surface area contributed by atoms with Gasteiger partial charge in [0, 0.05) is 3.57 Å². The van der Waals surface area contributed by atoms with Crippen LogP contribution in [0, 0.1) is 3.57 Å². The number of rotatable bonds is 2. The first-order valence-electron chi connectivity index (χ1n) is 8.98. The molecule has 140 valence electrons. The first-order valence-corrected chi connectivity index (χ1v) is 10.4. The molecule has 0 aromatic heterocycles. The second-order valence-electron chi connectivity index (χ2n) is 6.69. The zero-order valence-corrected chi connectivity index (χ0v) is 17.9. The average Bonchev–Trinajstić information content (AvgIpc) is 3.09. The molecule has 3 nitrogen and oxygen atoms in total. The van der Waals surface area contributed by atoms with Crippen molar-refractivity contribution in [3.05, 3.63) is 98.2 Å². The average molecular weight is 510 g/mol. The first-order chi connectivity index (χ1) is 14.1. The number of ether oxygens (including phenoxy) is 1. The summed E-state index contributed by atoms with van der Waals surface area (Å²) >= 11 is 8.48. The van der Waals surface area contributed by atoms with Gasteiger partial charge in [-0.05, 0) is 80.0 Å². The summed E-state index contributed by atoms with van der Waals surface area (Å²) in [4.78, 5) is 17.0. The fraction of sp³-hybridized carbons (Fsp3) is 0. The van der Waals surface area contributed by atoms with E-state index in [1.54, 1.807) is 6.07 Å². The van der Waals surface area contributed by atoms with Crippen LogP contribution in [0.15, 0.2) is 83.5 Å². The van der Waals surface area contributed by atoms with E-state index >= 15 is 0 Å². The van der Waals surface area contributed by atoms with Crippen molar-refractivity contribution in [3.8, 4) is 0 Å². The lowest BCUT2D eigenvalue weighted by molar-refractivity contribution is -0.129. The summed E-state index contributed by atoms with van der Waals surface area (Å²) in [6, 6.07) is 23.9. The van der Waals surface area contributed by atoms with Crippen molar-refractivity contribution in [3.63, 3.8) is 0 Å². The summed E-state index contributed by atoms with van der Waals surface area (Å²) in [6.07, 6.45) is 1.81. The number of benzene rings is 4. The number of halogens is 2. The monoisotopic (exact) mass is 509 g/mol. The Bertz CT molecular complexity index is 1320. The fourth-order valence-corrected chi connectivity index (χ4v) is 4.22. The maximum absolute atomic E-state index is 12.6. The van der Waals surface area contributed by atoms with Crippen LogP contribution in [-0.4, -0.2) is 11.9 Å². The molecule has 0 radical (unpaired) electrons. The number of esters is 1. The third kappa shape index (κ3) is 3.32. The van der Waals surface area contributed by atoms with Crippen LogP contribution >= 0.6 is 34.2 Å². The van der Waals surface area contributed by atoms with Crippen molar-refractivity contribution in [2.75, 3.05) is 0 Å². The Hall–Kier alpha value is -2.70. The Morgan fingerprint density at radius 3 is 2.24 bits per heavy atom. The summed E-state index contributed by atoms with van der Waals surface area (Å²) in [6.45, 7) is 0. The van der Waals surface area contributed by atoms with Crippen molar-refractivity contribution in [1.82, 2.24) is 0 Å². The van der Waals surface area contributed by atoms with Gasteiger partial charge < -0.3 is 4.74 Å². The maximum Gasteiger partial charge on any atom is 0.363 e. The number of carbonyl (C=O) groups is 1. The van der Waals surface area contributed by atoms with Crippen LogP contribution < -0.4 is 0 Å². The Balaban J connectivity index is 1.72. The standard InChI is InChI=1S/C24H13ClINO2/c25-21-10-9-16(26)12-20(21)23-27-22(24(28)29-23)13-19-17-7-3-1-5-14(17)11-15-6-2-4-8-18(15)19/h1-13H/b22-13+. The molecule has 4 aromatic rings. The molecule has 0 saturated carbocycles. The predicted octanol–water partition coefficient (Wildman–Crippen LogP) is 6.60. The molecular weight excluding hydrogens is 497 g/mol. The minimum absolute atomic E-state index is 0.231. The molecule has 4 aromatic carbocycles. The molecule has 0 aliphatic carbocycles. The smallest absolute Gasteiger partial charge is 0.363 e. The van der Waals surface area contributed by atoms with Crippen molar-refractivity contribution in [2.24, 2.45) is 4.99 Å². The lowest BCUT2D eigenvalue weighted by atomic mass is 9.96. The Morgan fingerprint density at radius 1 is 0.897 bits per heavy atom. The number of carbonyl (C=O) groups excluding carboxylic acids is 1. The topological polar surface area (TPSA) is 38.7 Å². The third-order valence-electron chi connectivity index (χ3n) is 4.87. The van der Waals surface area contributed by atoms with E-state index in [-0.39, 0.29) is 11.6 Å². The van der Waals surface area contributed by atoms with Crippen molar-refractivity contribution in [1.29, 1.82) is 0 Å². The fourth-order valence-electron chi connectivity index (χ4n) is 3.53. The Morgan fingerprint density at radius 2 is 1.55 bits per heavy atom. The molecule has 5 heteroatoms. The highest BCUT2D eigenvalue weighted by molar-refractivity contribution is 14.1. The summed E-state index contributed by atoms with van der Waals surface area (Å²) < 4.78 is 6.43. The highest BCUT2D eigenvalue weighted by Gasteiger charge is 2.26. The Kier molecular flexibility index (Phi) is 4.60. The van der Waals surface area contributed by atoms with Gasteiger partial charge in [0.15, 0.2) is 5.70 Å². The van der Waals surface area contributed by atoms with Gasteiger partial charge >= 0.3 is 5.97 Å². The van der Waals surface area contributed by atoms with E-state index in [0.29, 0.717) is 10.6 Å². The van der Waals surface area contributed by atoms with Gasteiger partial charge in [-0.15, -0.1) is 0 Å². The van der Waals surface area contributed by atoms with Gasteiger partial charge in [0.05, 0.1) is 10.6 Å². The molecule has 0 bridgehead atoms. The SMILES string of the molecule is O=C1OC(c2cc(I)ccc2Cl)=N/C1=C/c1c2ccccc2cc2ccccc12. The molecule has 0 spiro atoms. The van der Waals surface area contributed by atoms with E-state index < -0.39 is 5.97 Å². The normalized spacial score (nSPS) is 15.2. The second kappa shape index (κ2) is 7.28. The van der Waals surface area contributed by atoms with E-state index in [0.717, 1.165) is 30.7 Å². The van der Waals surface area contributed by atoms with Crippen LogP contribution in [-0.2, 0) is 9.53 Å². The molecule has 5 rings (SSSR count). The van der Waals surface area contributed by atoms with Gasteiger partial charge in [-0.3, -0.25) is 0 Å². The number of hydrogen-bond donors (Lipinski definition) is 0. The number of cyclic esters (lactones) is 1. The molecule has 0 saturated heterocycles. The highest BCUT2D eigenvalue weighted by Crippen LogP contribution is 2.32. The lowest BCUT2D eigenvalue weighted by Crippen LogP contribution is -2.06. The molecule has 0 atom stereocenters. The van der Waals surface area contributed by atoms with Crippen LogP contribution in [0.5, 0.6) is 0 Å². The van der Waals surface area contributed by atoms with E-state index in [1.807, 2.05) is 42.5 Å². The van der Waals surface area contributed by atoms with Crippen molar-refractivity contribution < 1.29 is 9.53 Å². The molecule has 0 N–H and O–H groups in total. The quantitative estimate of drug-likeness (QED) is 0.132. The van der Waals surface area contributed by atoms with E-state index in [9.17, 15) is 4.79 Å². The first kappa shape index (κ1) is 18.3. The van der Waals surface area contributed by atoms with Crippen LogP contribution in [0.4, 0.5) is 0 Å². The Labute approximate surface area is 185 Å². The van der Waals surface area contributed by atoms with Crippen LogP contribution in [0.25, 0.3) is 27.6 Å². The number of hydrogen-bond acceptors (Lipinski definition) is 3. The van der Waals surface area contributed by atoms with Gasteiger partial charge in [-0.2, -0.15) is 0 Å². The largest absolute Gasteiger partial charge is 0.402 e. The minimum atomic E-state index is -0.480. The third-order valence-corrected chi connectivity index (χ3v) is 5.87. The van der Waals surface area contributed by atoms with E-state index in [2.05, 4.69) is 57.9 Å². The molecule has 1 heterocycles. The zero-order valence-electron chi connectivity index (χ0n) is 15.0. The molecule has 0 fully saturated rings. The second-order valence-corrected chi connectivity index (χ2v) is 8.35. The van der Waals surface area contributed by atoms with Crippen LogP contribution in [0.1, 0.15) is 11.1 Å². The van der Waals surface area contributed by atoms with E-state index in [1.165, 1.54) is 0 Å². The van der Waals surface area contributed by atoms with Gasteiger partial charge in [-0.1, -0.05) is 60.1 Å². The van der Waals surface area contributed by atoms with Crippen LogP contribution in [0.2, 0.25) is 5.02 Å². The summed E-state index contributed by atoms with van der Waals surface area (Å²) in [7, 11) is 0. The highest BCUT2D eigenvalue weighted by atomic mass is 127. The molecular formula is C24H13ClINO2. The predicted molar refractivity (Wildman–Crippen MR) is 126 cm³/mol. The summed E-state index contributed by atoms with van der Waals surface area (Å²) in [5.74, 6) is -0.249. The zero-order chi connectivity index (χ0) is 20.0. The minimum Gasteiger partial charge on any atom is -0.402 e. The van der Waals surface area contributed by atoms with Gasteiger partial charge in [0.25, 0.3) is 0 Å². The van der Waals surface area contributed by atoms with Crippen molar-refractivity contribution >= 4 is 73.7 Å². The lowest BCUT2D eigenvalue weighted by Gasteiger charge is -2.08. The maximum atomic E-state index is 12.6.